The monoisotopic (exact) mass is 221 g/mol. The molecule has 1 amide bonds. The molecule has 4 nitrogen and oxygen atoms in total. The SMILES string of the molecule is CCCN(C(=O)c1ncccn1)C(C)CC. The minimum Gasteiger partial charge on any atom is -0.333 e. The number of hydrogen-bond donors (Lipinski definition) is 0. The third-order valence-electron chi connectivity index (χ3n) is 2.61. The topological polar surface area (TPSA) is 46.1 Å². The second kappa shape index (κ2) is 6.20. The third-order valence-corrected chi connectivity index (χ3v) is 2.61. The molecule has 0 aliphatic rings. The molecule has 1 unspecified atom stereocenters. The van der Waals surface area contributed by atoms with E-state index in [2.05, 4.69) is 30.7 Å². The number of rotatable bonds is 5. The van der Waals surface area contributed by atoms with Gasteiger partial charge in [0, 0.05) is 25.0 Å². The first-order valence-electron chi connectivity index (χ1n) is 5.78. The van der Waals surface area contributed by atoms with E-state index in [-0.39, 0.29) is 17.8 Å². The first-order chi connectivity index (χ1) is 7.70. The van der Waals surface area contributed by atoms with Crippen molar-refractivity contribution in [2.45, 2.75) is 39.7 Å². The molecule has 1 heterocycles. The van der Waals surface area contributed by atoms with Crippen molar-refractivity contribution in [3.8, 4) is 0 Å². The molecule has 0 aromatic carbocycles. The van der Waals surface area contributed by atoms with Crippen LogP contribution in [0, 0.1) is 0 Å². The largest absolute Gasteiger partial charge is 0.333 e. The summed E-state index contributed by atoms with van der Waals surface area (Å²) in [5, 5.41) is 0. The van der Waals surface area contributed by atoms with Crippen LogP contribution in [-0.2, 0) is 0 Å². The summed E-state index contributed by atoms with van der Waals surface area (Å²) in [7, 11) is 0. The van der Waals surface area contributed by atoms with Crippen molar-refractivity contribution in [3.05, 3.63) is 24.3 Å². The van der Waals surface area contributed by atoms with E-state index in [1.54, 1.807) is 18.5 Å². The lowest BCUT2D eigenvalue weighted by Crippen LogP contribution is -2.39. The molecule has 1 aromatic rings. The number of carbonyl (C=O) groups excluding carboxylic acids is 1. The van der Waals surface area contributed by atoms with Gasteiger partial charge in [0.25, 0.3) is 5.91 Å². The van der Waals surface area contributed by atoms with Gasteiger partial charge in [-0.2, -0.15) is 0 Å². The van der Waals surface area contributed by atoms with Crippen molar-refractivity contribution in [1.82, 2.24) is 14.9 Å². The Bertz CT molecular complexity index is 326. The smallest absolute Gasteiger partial charge is 0.291 e. The van der Waals surface area contributed by atoms with Crippen LogP contribution in [0.25, 0.3) is 0 Å². The van der Waals surface area contributed by atoms with Gasteiger partial charge in [0.2, 0.25) is 5.82 Å². The van der Waals surface area contributed by atoms with Gasteiger partial charge in [-0.1, -0.05) is 13.8 Å². The molecular formula is C12H19N3O. The second-order valence-corrected chi connectivity index (χ2v) is 3.83. The first kappa shape index (κ1) is 12.6. The van der Waals surface area contributed by atoms with Gasteiger partial charge in [-0.15, -0.1) is 0 Å². The standard InChI is InChI=1S/C12H19N3O/c1-4-9-15(10(3)5-2)12(16)11-13-7-6-8-14-11/h6-8,10H,4-5,9H2,1-3H3. The average Bonchev–Trinajstić information content (AvgIpc) is 2.35. The van der Waals surface area contributed by atoms with Gasteiger partial charge in [-0.25, -0.2) is 9.97 Å². The molecule has 0 aliphatic heterocycles. The summed E-state index contributed by atoms with van der Waals surface area (Å²) in [5.74, 6) is 0.216. The minimum absolute atomic E-state index is 0.0724. The lowest BCUT2D eigenvalue weighted by atomic mass is 10.2. The van der Waals surface area contributed by atoms with Crippen LogP contribution in [0.4, 0.5) is 0 Å². The maximum atomic E-state index is 12.1. The molecule has 4 heteroatoms. The van der Waals surface area contributed by atoms with Gasteiger partial charge < -0.3 is 4.90 Å². The molecule has 0 saturated heterocycles. The molecule has 0 fully saturated rings. The van der Waals surface area contributed by atoms with Gasteiger partial charge >= 0.3 is 0 Å². The van der Waals surface area contributed by atoms with Crippen LogP contribution in [-0.4, -0.2) is 33.4 Å². The molecule has 0 bridgehead atoms. The lowest BCUT2D eigenvalue weighted by molar-refractivity contribution is 0.0675. The highest BCUT2D eigenvalue weighted by molar-refractivity contribution is 5.90. The van der Waals surface area contributed by atoms with E-state index < -0.39 is 0 Å². The maximum absolute atomic E-state index is 12.1. The summed E-state index contributed by atoms with van der Waals surface area (Å²) >= 11 is 0. The molecule has 1 aromatic heterocycles. The molecule has 1 rings (SSSR count). The zero-order chi connectivity index (χ0) is 12.0. The van der Waals surface area contributed by atoms with Crippen LogP contribution in [0.2, 0.25) is 0 Å². The van der Waals surface area contributed by atoms with Gasteiger partial charge in [-0.05, 0) is 25.8 Å². The van der Waals surface area contributed by atoms with Gasteiger partial charge in [0.1, 0.15) is 0 Å². The minimum atomic E-state index is -0.0724. The molecule has 0 aliphatic carbocycles. The van der Waals surface area contributed by atoms with E-state index in [4.69, 9.17) is 0 Å². The summed E-state index contributed by atoms with van der Waals surface area (Å²) in [6.07, 6.45) is 5.09. The molecular weight excluding hydrogens is 202 g/mol. The predicted molar refractivity (Wildman–Crippen MR) is 63.1 cm³/mol. The summed E-state index contributed by atoms with van der Waals surface area (Å²) in [6, 6.07) is 1.95. The van der Waals surface area contributed by atoms with Crippen LogP contribution in [0.5, 0.6) is 0 Å². The number of carbonyl (C=O) groups is 1. The van der Waals surface area contributed by atoms with Crippen LogP contribution >= 0.6 is 0 Å². The fourth-order valence-electron chi connectivity index (χ4n) is 1.52. The Morgan fingerprint density at radius 3 is 2.50 bits per heavy atom. The second-order valence-electron chi connectivity index (χ2n) is 3.83. The lowest BCUT2D eigenvalue weighted by Gasteiger charge is -2.27. The number of nitrogens with zero attached hydrogens (tertiary/aromatic N) is 3. The van der Waals surface area contributed by atoms with Gasteiger partial charge in [0.05, 0.1) is 0 Å². The number of amides is 1. The molecule has 0 spiro atoms. The molecule has 0 radical (unpaired) electrons. The Hall–Kier alpha value is -1.45. The number of hydrogen-bond acceptors (Lipinski definition) is 3. The van der Waals surface area contributed by atoms with Crippen molar-refractivity contribution >= 4 is 5.91 Å². The Labute approximate surface area is 96.7 Å². The zero-order valence-electron chi connectivity index (χ0n) is 10.2. The van der Waals surface area contributed by atoms with Gasteiger partial charge in [-0.3, -0.25) is 4.79 Å². The van der Waals surface area contributed by atoms with E-state index >= 15 is 0 Å². The Balaban J connectivity index is 2.83. The van der Waals surface area contributed by atoms with Crippen LogP contribution in [0.3, 0.4) is 0 Å². The Kier molecular flexibility index (Phi) is 4.89. The molecule has 88 valence electrons. The summed E-state index contributed by atoms with van der Waals surface area (Å²) < 4.78 is 0. The molecule has 0 N–H and O–H groups in total. The molecule has 16 heavy (non-hydrogen) atoms. The van der Waals surface area contributed by atoms with E-state index in [0.29, 0.717) is 0 Å². The fraction of sp³-hybridized carbons (Fsp3) is 0.583. The van der Waals surface area contributed by atoms with Crippen LogP contribution in [0.15, 0.2) is 18.5 Å². The van der Waals surface area contributed by atoms with E-state index in [1.807, 2.05) is 4.90 Å². The average molecular weight is 221 g/mol. The van der Waals surface area contributed by atoms with E-state index in [9.17, 15) is 4.79 Å². The maximum Gasteiger partial charge on any atom is 0.291 e. The quantitative estimate of drug-likeness (QED) is 0.765. The van der Waals surface area contributed by atoms with Crippen molar-refractivity contribution in [3.63, 3.8) is 0 Å². The van der Waals surface area contributed by atoms with Crippen molar-refractivity contribution in [1.29, 1.82) is 0 Å². The highest BCUT2D eigenvalue weighted by Crippen LogP contribution is 2.08. The zero-order valence-corrected chi connectivity index (χ0v) is 10.2. The normalized spacial score (nSPS) is 12.2. The van der Waals surface area contributed by atoms with E-state index in [1.165, 1.54) is 0 Å². The van der Waals surface area contributed by atoms with Crippen molar-refractivity contribution in [2.75, 3.05) is 6.54 Å². The first-order valence-corrected chi connectivity index (χ1v) is 5.78. The Morgan fingerprint density at radius 1 is 1.38 bits per heavy atom. The van der Waals surface area contributed by atoms with Crippen molar-refractivity contribution < 1.29 is 4.79 Å². The summed E-state index contributed by atoms with van der Waals surface area (Å²) in [4.78, 5) is 22.0. The fourth-order valence-corrected chi connectivity index (χ4v) is 1.52. The number of aromatic nitrogens is 2. The van der Waals surface area contributed by atoms with Crippen molar-refractivity contribution in [2.24, 2.45) is 0 Å². The molecule has 1 atom stereocenters. The van der Waals surface area contributed by atoms with E-state index in [0.717, 1.165) is 19.4 Å². The summed E-state index contributed by atoms with van der Waals surface area (Å²) in [6.45, 7) is 6.95. The highest BCUT2D eigenvalue weighted by atomic mass is 16.2. The highest BCUT2D eigenvalue weighted by Gasteiger charge is 2.21. The van der Waals surface area contributed by atoms with Gasteiger partial charge in [0.15, 0.2) is 0 Å². The predicted octanol–water partition coefficient (Wildman–Crippen LogP) is 2.13. The third kappa shape index (κ3) is 3.02. The van der Waals surface area contributed by atoms with Crippen LogP contribution in [0.1, 0.15) is 44.2 Å². The van der Waals surface area contributed by atoms with Crippen LogP contribution < -0.4 is 0 Å². The summed E-state index contributed by atoms with van der Waals surface area (Å²) in [5.41, 5.74) is 0. The molecule has 0 saturated carbocycles. The Morgan fingerprint density at radius 2 is 2.00 bits per heavy atom.